The van der Waals surface area contributed by atoms with E-state index in [0.29, 0.717) is 31.2 Å². The molecule has 1 saturated carbocycles. The van der Waals surface area contributed by atoms with E-state index in [0.717, 1.165) is 18.4 Å². The molecule has 1 aliphatic rings. The van der Waals surface area contributed by atoms with Gasteiger partial charge in [-0.2, -0.15) is 16.3 Å². The summed E-state index contributed by atoms with van der Waals surface area (Å²) in [6.45, 7) is 0.302. The molecule has 0 aromatic carbocycles. The van der Waals surface area contributed by atoms with Gasteiger partial charge < -0.3 is 14.4 Å². The van der Waals surface area contributed by atoms with Gasteiger partial charge in [-0.05, 0) is 37.1 Å². The lowest BCUT2D eigenvalue weighted by Gasteiger charge is -2.25. The SMILES string of the molecule is O=C(O)C1CCC(OCc2noc(-c3ccsc3)n2)CC1. The van der Waals surface area contributed by atoms with Crippen LogP contribution in [0.1, 0.15) is 31.5 Å². The van der Waals surface area contributed by atoms with Gasteiger partial charge in [0.2, 0.25) is 0 Å². The van der Waals surface area contributed by atoms with Gasteiger partial charge >= 0.3 is 5.97 Å². The number of aromatic nitrogens is 2. The molecule has 0 aliphatic heterocycles. The molecule has 1 N–H and O–H groups in total. The number of carbonyl (C=O) groups is 1. The van der Waals surface area contributed by atoms with Crippen LogP contribution in [0.3, 0.4) is 0 Å². The van der Waals surface area contributed by atoms with Crippen LogP contribution in [0.4, 0.5) is 0 Å². The molecule has 2 aromatic rings. The van der Waals surface area contributed by atoms with Gasteiger partial charge in [-0.1, -0.05) is 5.16 Å². The maximum Gasteiger partial charge on any atom is 0.306 e. The second-order valence-electron chi connectivity index (χ2n) is 5.15. The number of carboxylic acid groups (broad SMARTS) is 1. The number of hydrogen-bond donors (Lipinski definition) is 1. The Balaban J connectivity index is 1.49. The number of hydrogen-bond acceptors (Lipinski definition) is 6. The summed E-state index contributed by atoms with van der Waals surface area (Å²) in [4.78, 5) is 15.2. The molecule has 0 unspecified atom stereocenters. The molecule has 2 heterocycles. The highest BCUT2D eigenvalue weighted by Crippen LogP contribution is 2.27. The molecular formula is C14H16N2O4S. The van der Waals surface area contributed by atoms with Crippen molar-refractivity contribution in [1.29, 1.82) is 0 Å². The van der Waals surface area contributed by atoms with Crippen molar-refractivity contribution in [3.63, 3.8) is 0 Å². The van der Waals surface area contributed by atoms with Crippen LogP contribution in [0.5, 0.6) is 0 Å². The Labute approximate surface area is 125 Å². The number of carboxylic acids is 1. The third-order valence-electron chi connectivity index (χ3n) is 3.71. The van der Waals surface area contributed by atoms with Gasteiger partial charge in [0.15, 0.2) is 5.82 Å². The van der Waals surface area contributed by atoms with E-state index in [2.05, 4.69) is 10.1 Å². The zero-order valence-corrected chi connectivity index (χ0v) is 12.2. The molecule has 21 heavy (non-hydrogen) atoms. The summed E-state index contributed by atoms with van der Waals surface area (Å²) in [5.74, 6) is 0.105. The van der Waals surface area contributed by atoms with E-state index in [9.17, 15) is 4.79 Å². The van der Waals surface area contributed by atoms with Crippen LogP contribution < -0.4 is 0 Å². The lowest BCUT2D eigenvalue weighted by Crippen LogP contribution is -2.26. The van der Waals surface area contributed by atoms with Gasteiger partial charge in [0, 0.05) is 5.38 Å². The van der Waals surface area contributed by atoms with E-state index >= 15 is 0 Å². The Morgan fingerprint density at radius 2 is 2.24 bits per heavy atom. The van der Waals surface area contributed by atoms with Crippen molar-refractivity contribution in [2.45, 2.75) is 38.4 Å². The van der Waals surface area contributed by atoms with Crippen LogP contribution in [0.2, 0.25) is 0 Å². The fourth-order valence-corrected chi connectivity index (χ4v) is 3.11. The lowest BCUT2D eigenvalue weighted by molar-refractivity contribution is -0.143. The molecule has 0 radical (unpaired) electrons. The summed E-state index contributed by atoms with van der Waals surface area (Å²) < 4.78 is 10.9. The zero-order valence-electron chi connectivity index (χ0n) is 11.4. The molecule has 112 valence electrons. The second kappa shape index (κ2) is 6.36. The molecule has 0 atom stereocenters. The van der Waals surface area contributed by atoms with Crippen LogP contribution in [-0.2, 0) is 16.1 Å². The minimum Gasteiger partial charge on any atom is -0.481 e. The van der Waals surface area contributed by atoms with Crippen LogP contribution >= 0.6 is 11.3 Å². The van der Waals surface area contributed by atoms with Crippen LogP contribution in [0, 0.1) is 5.92 Å². The first-order chi connectivity index (χ1) is 10.2. The van der Waals surface area contributed by atoms with Crippen LogP contribution in [0.25, 0.3) is 11.5 Å². The van der Waals surface area contributed by atoms with Crippen molar-refractivity contribution < 1.29 is 19.2 Å². The molecule has 6 nitrogen and oxygen atoms in total. The third kappa shape index (κ3) is 3.48. The maximum atomic E-state index is 10.9. The fraction of sp³-hybridized carbons (Fsp3) is 0.500. The summed E-state index contributed by atoms with van der Waals surface area (Å²) in [7, 11) is 0. The smallest absolute Gasteiger partial charge is 0.306 e. The average molecular weight is 308 g/mol. The van der Waals surface area contributed by atoms with E-state index < -0.39 is 5.97 Å². The van der Waals surface area contributed by atoms with Crippen molar-refractivity contribution in [2.75, 3.05) is 0 Å². The summed E-state index contributed by atoms with van der Waals surface area (Å²) in [6, 6.07) is 1.93. The van der Waals surface area contributed by atoms with Gasteiger partial charge in [0.05, 0.1) is 17.6 Å². The topological polar surface area (TPSA) is 85.5 Å². The predicted octanol–water partition coefficient (Wildman–Crippen LogP) is 2.96. The Morgan fingerprint density at radius 1 is 1.43 bits per heavy atom. The van der Waals surface area contributed by atoms with Gasteiger partial charge in [-0.25, -0.2) is 0 Å². The zero-order chi connectivity index (χ0) is 14.7. The average Bonchev–Trinajstić information content (AvgIpc) is 3.16. The van der Waals surface area contributed by atoms with E-state index in [-0.39, 0.29) is 12.0 Å². The van der Waals surface area contributed by atoms with Gasteiger partial charge in [0.1, 0.15) is 6.61 Å². The normalized spacial score (nSPS) is 22.3. The second-order valence-corrected chi connectivity index (χ2v) is 5.93. The molecule has 1 fully saturated rings. The Bertz CT molecular complexity index is 588. The minimum absolute atomic E-state index is 0.0868. The van der Waals surface area contributed by atoms with Gasteiger partial charge in [-0.15, -0.1) is 0 Å². The Kier molecular flexibility index (Phi) is 4.31. The van der Waals surface area contributed by atoms with E-state index in [1.54, 1.807) is 11.3 Å². The highest BCUT2D eigenvalue weighted by atomic mass is 32.1. The molecule has 2 aromatic heterocycles. The third-order valence-corrected chi connectivity index (χ3v) is 4.39. The molecule has 1 aliphatic carbocycles. The van der Waals surface area contributed by atoms with Crippen molar-refractivity contribution >= 4 is 17.3 Å². The maximum absolute atomic E-state index is 10.9. The highest BCUT2D eigenvalue weighted by Gasteiger charge is 2.26. The quantitative estimate of drug-likeness (QED) is 0.914. The van der Waals surface area contributed by atoms with Crippen LogP contribution in [0.15, 0.2) is 21.3 Å². The van der Waals surface area contributed by atoms with Crippen molar-refractivity contribution in [3.05, 3.63) is 22.7 Å². The highest BCUT2D eigenvalue weighted by molar-refractivity contribution is 7.08. The number of aliphatic carboxylic acids is 1. The number of ether oxygens (including phenoxy) is 1. The number of rotatable bonds is 5. The van der Waals surface area contributed by atoms with E-state index in [1.807, 2.05) is 16.8 Å². The molecule has 7 heteroatoms. The summed E-state index contributed by atoms with van der Waals surface area (Å²) in [5, 5.41) is 16.8. The Morgan fingerprint density at radius 3 is 2.90 bits per heavy atom. The first-order valence-corrected chi connectivity index (χ1v) is 7.86. The van der Waals surface area contributed by atoms with E-state index in [4.69, 9.17) is 14.4 Å². The lowest BCUT2D eigenvalue weighted by atomic mass is 9.87. The standard InChI is InChI=1S/C14H16N2O4S/c17-14(18)9-1-3-11(4-2-9)19-7-12-15-13(20-16-12)10-5-6-21-8-10/h5-6,8-9,11H,1-4,7H2,(H,17,18). The summed E-state index contributed by atoms with van der Waals surface area (Å²) >= 11 is 1.58. The Hall–Kier alpha value is -1.73. The molecule has 0 bridgehead atoms. The molecular weight excluding hydrogens is 292 g/mol. The first kappa shape index (κ1) is 14.2. The molecule has 3 rings (SSSR count). The van der Waals surface area contributed by atoms with Crippen LogP contribution in [-0.4, -0.2) is 27.3 Å². The first-order valence-electron chi connectivity index (χ1n) is 6.92. The molecule has 0 amide bonds. The number of thiophene rings is 1. The van der Waals surface area contributed by atoms with Crippen molar-refractivity contribution in [1.82, 2.24) is 10.1 Å². The largest absolute Gasteiger partial charge is 0.481 e. The number of nitrogens with zero attached hydrogens (tertiary/aromatic N) is 2. The summed E-state index contributed by atoms with van der Waals surface area (Å²) in [6.07, 6.45) is 2.97. The van der Waals surface area contributed by atoms with E-state index in [1.165, 1.54) is 0 Å². The van der Waals surface area contributed by atoms with Gasteiger partial charge in [0.25, 0.3) is 5.89 Å². The summed E-state index contributed by atoms with van der Waals surface area (Å²) in [5.41, 5.74) is 0.917. The molecule has 0 spiro atoms. The minimum atomic E-state index is -0.702. The van der Waals surface area contributed by atoms with Gasteiger partial charge in [-0.3, -0.25) is 4.79 Å². The predicted molar refractivity (Wildman–Crippen MR) is 75.8 cm³/mol. The monoisotopic (exact) mass is 308 g/mol. The van der Waals surface area contributed by atoms with Crippen molar-refractivity contribution in [3.8, 4) is 11.5 Å². The fourth-order valence-electron chi connectivity index (χ4n) is 2.48. The molecule has 0 saturated heterocycles. The van der Waals surface area contributed by atoms with Crippen molar-refractivity contribution in [2.24, 2.45) is 5.92 Å².